The van der Waals surface area contributed by atoms with Gasteiger partial charge in [0, 0.05) is 25.6 Å². The molecule has 5 nitrogen and oxygen atoms in total. The van der Waals surface area contributed by atoms with Gasteiger partial charge in [0.25, 0.3) is 0 Å². The average molecular weight is 398 g/mol. The highest BCUT2D eigenvalue weighted by Crippen LogP contribution is 2.30. The second kappa shape index (κ2) is 9.29. The van der Waals surface area contributed by atoms with E-state index in [1.807, 2.05) is 4.90 Å². The fourth-order valence-corrected chi connectivity index (χ4v) is 5.44. The molecule has 5 heteroatoms. The molecule has 4 rings (SSSR count). The van der Waals surface area contributed by atoms with Crippen LogP contribution in [0.25, 0.3) is 0 Å². The quantitative estimate of drug-likeness (QED) is 0.800. The van der Waals surface area contributed by atoms with Gasteiger partial charge in [-0.25, -0.2) is 0 Å². The number of hydrogen-bond acceptors (Lipinski definition) is 3. The van der Waals surface area contributed by atoms with E-state index >= 15 is 0 Å². The van der Waals surface area contributed by atoms with E-state index in [0.29, 0.717) is 25.6 Å². The molecule has 1 aliphatic carbocycles. The van der Waals surface area contributed by atoms with Crippen molar-refractivity contribution < 1.29 is 9.59 Å². The van der Waals surface area contributed by atoms with Gasteiger partial charge in [-0.15, -0.1) is 0 Å². The van der Waals surface area contributed by atoms with Crippen LogP contribution in [0.5, 0.6) is 0 Å². The van der Waals surface area contributed by atoms with E-state index in [4.69, 9.17) is 0 Å². The molecule has 0 spiro atoms. The van der Waals surface area contributed by atoms with Crippen LogP contribution in [0.4, 0.5) is 0 Å². The van der Waals surface area contributed by atoms with Gasteiger partial charge < -0.3 is 10.2 Å². The van der Waals surface area contributed by atoms with Gasteiger partial charge in [0.2, 0.25) is 11.8 Å². The molecule has 0 aromatic heterocycles. The van der Waals surface area contributed by atoms with Crippen molar-refractivity contribution in [3.63, 3.8) is 0 Å². The summed E-state index contributed by atoms with van der Waals surface area (Å²) >= 11 is 0. The molecule has 1 saturated carbocycles. The van der Waals surface area contributed by atoms with Crippen LogP contribution in [0, 0.1) is 12.8 Å². The highest BCUT2D eigenvalue weighted by Gasteiger charge is 2.38. The summed E-state index contributed by atoms with van der Waals surface area (Å²) in [6.07, 6.45) is 8.72. The Morgan fingerprint density at radius 1 is 1.10 bits per heavy atom. The Kier molecular flexibility index (Phi) is 6.53. The van der Waals surface area contributed by atoms with E-state index in [2.05, 4.69) is 41.4 Å². The van der Waals surface area contributed by atoms with Crippen LogP contribution in [0.3, 0.4) is 0 Å². The fraction of sp³-hybridized carbons (Fsp3) is 0.667. The molecule has 2 heterocycles. The zero-order valence-corrected chi connectivity index (χ0v) is 17.7. The maximum Gasteiger partial charge on any atom is 0.225 e. The fourth-order valence-electron chi connectivity index (χ4n) is 5.44. The minimum Gasteiger partial charge on any atom is -0.354 e. The van der Waals surface area contributed by atoms with E-state index in [9.17, 15) is 9.59 Å². The summed E-state index contributed by atoms with van der Waals surface area (Å²) in [5.41, 5.74) is 2.58. The largest absolute Gasteiger partial charge is 0.354 e. The minimum atomic E-state index is -0.194. The third kappa shape index (κ3) is 4.66. The molecule has 0 radical (unpaired) electrons. The van der Waals surface area contributed by atoms with Crippen LogP contribution in [-0.4, -0.2) is 53.8 Å². The lowest BCUT2D eigenvalue weighted by molar-refractivity contribution is -0.130. The van der Waals surface area contributed by atoms with Gasteiger partial charge in [-0.3, -0.25) is 14.5 Å². The number of carbonyl (C=O) groups excluding carboxylic acids is 2. The van der Waals surface area contributed by atoms with E-state index in [1.165, 1.54) is 43.2 Å². The predicted octanol–water partition coefficient (Wildman–Crippen LogP) is 3.43. The summed E-state index contributed by atoms with van der Waals surface area (Å²) in [6.45, 7) is 5.56. The SMILES string of the molecule is Cc1ccccc1C(CNC(=O)C1CC(=O)N(C2CCCCC2)C1)N1CCCC1. The van der Waals surface area contributed by atoms with Crippen LogP contribution in [-0.2, 0) is 9.59 Å². The van der Waals surface area contributed by atoms with Crippen molar-refractivity contribution in [2.45, 2.75) is 70.4 Å². The number of hydrogen-bond donors (Lipinski definition) is 1. The minimum absolute atomic E-state index is 0.0504. The molecule has 2 saturated heterocycles. The van der Waals surface area contributed by atoms with Gasteiger partial charge in [-0.1, -0.05) is 43.5 Å². The number of nitrogens with one attached hydrogen (secondary N) is 1. The lowest BCUT2D eigenvalue weighted by Crippen LogP contribution is -2.41. The van der Waals surface area contributed by atoms with Gasteiger partial charge in [-0.2, -0.15) is 0 Å². The topological polar surface area (TPSA) is 52.7 Å². The first-order valence-corrected chi connectivity index (χ1v) is 11.5. The van der Waals surface area contributed by atoms with Crippen LogP contribution < -0.4 is 5.32 Å². The molecule has 158 valence electrons. The first-order chi connectivity index (χ1) is 14.1. The van der Waals surface area contributed by atoms with Crippen molar-refractivity contribution in [1.82, 2.24) is 15.1 Å². The maximum atomic E-state index is 12.9. The molecule has 1 aromatic carbocycles. The lowest BCUT2D eigenvalue weighted by atomic mass is 9.94. The normalized spacial score (nSPS) is 24.8. The zero-order chi connectivity index (χ0) is 20.2. The lowest BCUT2D eigenvalue weighted by Gasteiger charge is -2.31. The number of likely N-dealkylation sites (tertiary alicyclic amines) is 2. The van der Waals surface area contributed by atoms with Crippen LogP contribution in [0.15, 0.2) is 24.3 Å². The summed E-state index contributed by atoms with van der Waals surface area (Å²) in [5, 5.41) is 3.21. The van der Waals surface area contributed by atoms with Crippen LogP contribution in [0.1, 0.15) is 68.5 Å². The Morgan fingerprint density at radius 3 is 2.55 bits per heavy atom. The number of amides is 2. The average Bonchev–Trinajstić information content (AvgIpc) is 3.40. The second-order valence-corrected chi connectivity index (χ2v) is 9.10. The molecule has 3 aliphatic rings. The Labute approximate surface area is 174 Å². The van der Waals surface area contributed by atoms with Gasteiger partial charge in [0.1, 0.15) is 0 Å². The van der Waals surface area contributed by atoms with Crippen molar-refractivity contribution in [3.8, 4) is 0 Å². The third-order valence-corrected chi connectivity index (χ3v) is 7.14. The van der Waals surface area contributed by atoms with E-state index in [-0.39, 0.29) is 23.8 Å². The Morgan fingerprint density at radius 2 is 1.83 bits per heavy atom. The summed E-state index contributed by atoms with van der Waals surface area (Å²) in [7, 11) is 0. The van der Waals surface area contributed by atoms with Crippen molar-refractivity contribution in [2.24, 2.45) is 5.92 Å². The van der Waals surface area contributed by atoms with Gasteiger partial charge in [0.05, 0.1) is 12.0 Å². The summed E-state index contributed by atoms with van der Waals surface area (Å²) in [5.74, 6) is 0.0296. The second-order valence-electron chi connectivity index (χ2n) is 9.10. The van der Waals surface area contributed by atoms with Crippen molar-refractivity contribution in [3.05, 3.63) is 35.4 Å². The Bertz CT molecular complexity index is 723. The smallest absolute Gasteiger partial charge is 0.225 e. The molecule has 3 fully saturated rings. The zero-order valence-electron chi connectivity index (χ0n) is 17.7. The standard InChI is InChI=1S/C24H35N3O2/c1-18-9-5-6-12-21(18)22(26-13-7-8-14-26)16-25-24(29)19-15-23(28)27(17-19)20-10-3-2-4-11-20/h5-6,9,12,19-20,22H,2-4,7-8,10-11,13-17H2,1H3,(H,25,29). The number of benzene rings is 1. The molecular formula is C24H35N3O2. The molecule has 29 heavy (non-hydrogen) atoms. The van der Waals surface area contributed by atoms with Gasteiger partial charge in [-0.05, 0) is 56.8 Å². The van der Waals surface area contributed by atoms with Gasteiger partial charge in [0.15, 0.2) is 0 Å². The molecule has 1 aromatic rings. The highest BCUT2D eigenvalue weighted by atomic mass is 16.2. The molecule has 2 atom stereocenters. The highest BCUT2D eigenvalue weighted by molar-refractivity contribution is 5.89. The number of aryl methyl sites for hydroxylation is 1. The molecule has 0 bridgehead atoms. The Balaban J connectivity index is 1.38. The maximum absolute atomic E-state index is 12.9. The third-order valence-electron chi connectivity index (χ3n) is 7.14. The van der Waals surface area contributed by atoms with E-state index in [0.717, 1.165) is 25.9 Å². The summed E-state index contributed by atoms with van der Waals surface area (Å²) in [4.78, 5) is 30.0. The summed E-state index contributed by atoms with van der Waals surface area (Å²) < 4.78 is 0. The number of nitrogens with zero attached hydrogens (tertiary/aromatic N) is 2. The van der Waals surface area contributed by atoms with Crippen molar-refractivity contribution in [1.29, 1.82) is 0 Å². The molecule has 1 N–H and O–H groups in total. The van der Waals surface area contributed by atoms with Crippen molar-refractivity contribution >= 4 is 11.8 Å². The summed E-state index contributed by atoms with van der Waals surface area (Å²) in [6, 6.07) is 9.08. The molecule has 2 aliphatic heterocycles. The number of rotatable bonds is 6. The van der Waals surface area contributed by atoms with E-state index < -0.39 is 0 Å². The predicted molar refractivity (Wildman–Crippen MR) is 114 cm³/mol. The first-order valence-electron chi connectivity index (χ1n) is 11.5. The molecule has 2 unspecified atom stereocenters. The van der Waals surface area contributed by atoms with Crippen LogP contribution >= 0.6 is 0 Å². The molecular weight excluding hydrogens is 362 g/mol. The van der Waals surface area contributed by atoms with Crippen LogP contribution in [0.2, 0.25) is 0 Å². The monoisotopic (exact) mass is 397 g/mol. The van der Waals surface area contributed by atoms with Crippen molar-refractivity contribution in [2.75, 3.05) is 26.2 Å². The first kappa shape index (κ1) is 20.4. The number of carbonyl (C=O) groups is 2. The Hall–Kier alpha value is -1.88. The molecule has 2 amide bonds. The van der Waals surface area contributed by atoms with E-state index in [1.54, 1.807) is 0 Å². The van der Waals surface area contributed by atoms with Gasteiger partial charge >= 0.3 is 0 Å².